The lowest BCUT2D eigenvalue weighted by atomic mass is 9.90. The molecule has 2 N–H and O–H groups in total. The first kappa shape index (κ1) is 56.3. The van der Waals surface area contributed by atoms with Gasteiger partial charge in [0.05, 0.1) is 33.9 Å². The van der Waals surface area contributed by atoms with E-state index in [1.165, 1.54) is 36.8 Å². The Bertz CT molecular complexity index is 1590. The second-order valence-electron chi connectivity index (χ2n) is 18.4. The lowest BCUT2D eigenvalue weighted by Crippen LogP contribution is -2.37. The molecule has 1 aliphatic rings. The van der Waals surface area contributed by atoms with Crippen molar-refractivity contribution in [3.63, 3.8) is 0 Å². The second kappa shape index (κ2) is 31.9. The van der Waals surface area contributed by atoms with Gasteiger partial charge in [-0.15, -0.1) is 0 Å². The zero-order chi connectivity index (χ0) is 46.5. The number of carbonyl (C=O) groups is 3. The van der Waals surface area contributed by atoms with Crippen LogP contribution >= 0.6 is 7.82 Å². The van der Waals surface area contributed by atoms with Crippen molar-refractivity contribution < 1.29 is 56.4 Å². The van der Waals surface area contributed by atoms with E-state index in [0.717, 1.165) is 82.1 Å². The molecule has 0 aliphatic heterocycles. The number of aliphatic hydroxyl groups excluding tert-OH is 1. The van der Waals surface area contributed by atoms with E-state index in [1.807, 2.05) is 45.4 Å². The van der Waals surface area contributed by atoms with E-state index in [2.05, 4.69) is 27.7 Å². The molecule has 1 aliphatic carbocycles. The maximum atomic E-state index is 12.8. The molecule has 0 saturated heterocycles. The van der Waals surface area contributed by atoms with Gasteiger partial charge < -0.3 is 28.4 Å². The summed E-state index contributed by atoms with van der Waals surface area (Å²) in [5, 5.41) is 10.2. The van der Waals surface area contributed by atoms with E-state index < -0.39 is 38.6 Å². The van der Waals surface area contributed by atoms with E-state index in [9.17, 15) is 28.9 Å². The van der Waals surface area contributed by atoms with Gasteiger partial charge in [0.1, 0.15) is 31.3 Å². The molecule has 1 heterocycles. The number of unbranched alkanes of at least 4 members (excludes halogenated alkanes) is 12. The van der Waals surface area contributed by atoms with Crippen molar-refractivity contribution in [3.05, 3.63) is 59.1 Å². The second-order valence-corrected chi connectivity index (χ2v) is 19.8. The molecular formula is C50H85NO11P+. The molecule has 1 aromatic heterocycles. The fourth-order valence-corrected chi connectivity index (χ4v) is 8.16. The smallest absolute Gasteiger partial charge is 0.466 e. The minimum absolute atomic E-state index is 0.00795. The Hall–Kier alpha value is -2.86. The minimum atomic E-state index is -4.44. The van der Waals surface area contributed by atoms with Gasteiger partial charge in [0, 0.05) is 31.6 Å². The number of allylic oxidation sites excluding steroid dienone is 5. The number of aliphatic hydroxyl groups is 1. The van der Waals surface area contributed by atoms with E-state index in [4.69, 9.17) is 22.9 Å². The van der Waals surface area contributed by atoms with Crippen molar-refractivity contribution in [2.45, 2.75) is 181 Å². The molecule has 0 saturated carbocycles. The van der Waals surface area contributed by atoms with Gasteiger partial charge in [0.15, 0.2) is 11.9 Å². The van der Waals surface area contributed by atoms with Crippen LogP contribution in [0.5, 0.6) is 0 Å². The standard InChI is InChI=1S/C50H84NO11P/c1-8-10-20-27-43(52)33-34-45-42(32-35-46(45)53)26-22-18-19-24-30-49(54)58-38-44(39-60-63(56,57)59-37-36-51(5,6)7)61-50(55)31-25-17-15-13-12-14-16-23-29-48-41(4)40(3)47(62-48)28-21-11-9-2/h18,22,32-35,42-45,52H,8-17,19-21,23-31,36-39H2,1-7H3/p+1/b22-18-,34-33+/t42-,43-,44+,45+/m0/s1. The van der Waals surface area contributed by atoms with Crippen molar-refractivity contribution in [1.29, 1.82) is 0 Å². The van der Waals surface area contributed by atoms with Crippen molar-refractivity contribution in [2.75, 3.05) is 47.5 Å². The average Bonchev–Trinajstić information content (AvgIpc) is 3.71. The van der Waals surface area contributed by atoms with Gasteiger partial charge in [-0.1, -0.05) is 115 Å². The number of ketones is 1. The molecule has 0 aromatic carbocycles. The maximum Gasteiger partial charge on any atom is 0.472 e. The van der Waals surface area contributed by atoms with Crippen LogP contribution in [0.2, 0.25) is 0 Å². The zero-order valence-corrected chi connectivity index (χ0v) is 41.0. The number of carbonyl (C=O) groups excluding carboxylic acids is 3. The van der Waals surface area contributed by atoms with Crippen LogP contribution in [-0.4, -0.2) is 91.9 Å². The largest absolute Gasteiger partial charge is 0.472 e. The molecule has 2 rings (SSSR count). The Morgan fingerprint density at radius 1 is 0.810 bits per heavy atom. The Balaban J connectivity index is 1.72. The molecule has 0 fully saturated rings. The number of hydrogen-bond acceptors (Lipinski definition) is 10. The number of phosphoric acid groups is 1. The summed E-state index contributed by atoms with van der Waals surface area (Å²) in [5.41, 5.74) is 2.63. The van der Waals surface area contributed by atoms with Crippen LogP contribution in [0.25, 0.3) is 0 Å². The third-order valence-electron chi connectivity index (χ3n) is 11.6. The monoisotopic (exact) mass is 907 g/mol. The first-order valence-electron chi connectivity index (χ1n) is 24.1. The Kier molecular flexibility index (Phi) is 28.5. The average molecular weight is 907 g/mol. The van der Waals surface area contributed by atoms with Gasteiger partial charge in [-0.05, 0) is 81.9 Å². The van der Waals surface area contributed by atoms with Crippen LogP contribution in [0, 0.1) is 25.7 Å². The van der Waals surface area contributed by atoms with Gasteiger partial charge in [-0.2, -0.15) is 0 Å². The number of nitrogens with zero attached hydrogens (tertiary/aromatic N) is 1. The fourth-order valence-electron chi connectivity index (χ4n) is 7.42. The highest BCUT2D eigenvalue weighted by Crippen LogP contribution is 2.43. The molecule has 12 nitrogen and oxygen atoms in total. The summed E-state index contributed by atoms with van der Waals surface area (Å²) >= 11 is 0. The zero-order valence-electron chi connectivity index (χ0n) is 40.1. The molecule has 5 atom stereocenters. The number of ether oxygens (including phenoxy) is 2. The number of rotatable bonds is 37. The molecule has 360 valence electrons. The highest BCUT2D eigenvalue weighted by molar-refractivity contribution is 7.47. The molecule has 13 heteroatoms. The lowest BCUT2D eigenvalue weighted by Gasteiger charge is -2.24. The highest BCUT2D eigenvalue weighted by atomic mass is 31.2. The number of hydrogen-bond donors (Lipinski definition) is 2. The number of aryl methyl sites for hydroxylation is 2. The third kappa shape index (κ3) is 26.0. The molecule has 63 heavy (non-hydrogen) atoms. The summed E-state index contributed by atoms with van der Waals surface area (Å²) < 4.78 is 40.6. The molecule has 0 bridgehead atoms. The maximum absolute atomic E-state index is 12.8. The van der Waals surface area contributed by atoms with E-state index >= 15 is 0 Å². The van der Waals surface area contributed by atoms with E-state index in [0.29, 0.717) is 43.1 Å². The first-order valence-corrected chi connectivity index (χ1v) is 25.6. The summed E-state index contributed by atoms with van der Waals surface area (Å²) in [5.74, 6) is 1.13. The van der Waals surface area contributed by atoms with Crippen LogP contribution in [-0.2, 0) is 50.3 Å². The van der Waals surface area contributed by atoms with Crippen LogP contribution in [0.3, 0.4) is 0 Å². The molecule has 1 unspecified atom stereocenters. The van der Waals surface area contributed by atoms with Crippen LogP contribution in [0.1, 0.15) is 165 Å². The topological polar surface area (TPSA) is 159 Å². The summed E-state index contributed by atoms with van der Waals surface area (Å²) in [7, 11) is 1.34. The molecule has 1 aromatic rings. The van der Waals surface area contributed by atoms with Gasteiger partial charge in [-0.25, -0.2) is 4.57 Å². The molecule has 0 amide bonds. The van der Waals surface area contributed by atoms with Gasteiger partial charge >= 0.3 is 19.8 Å². The third-order valence-corrected chi connectivity index (χ3v) is 12.6. The van der Waals surface area contributed by atoms with E-state index in [-0.39, 0.29) is 43.7 Å². The Labute approximate surface area is 380 Å². The first-order chi connectivity index (χ1) is 30.0. The number of phosphoric ester groups is 1. The van der Waals surface area contributed by atoms with Gasteiger partial charge in [0.2, 0.25) is 0 Å². The SMILES string of the molecule is CCCCCc1oc(CCCCCCCCCCC(=O)O[C@H](COC(=O)CCC/C=C\C[C@H]2C=CC(=O)[C@@H]2/C=C/[C@@H](O)CCCCC)COP(=O)(O)OCC[N+](C)(C)C)c(C)c1C. The number of furan rings is 1. The Morgan fingerprint density at radius 3 is 2.06 bits per heavy atom. The molecule has 0 radical (unpaired) electrons. The van der Waals surface area contributed by atoms with Crippen molar-refractivity contribution >= 4 is 25.5 Å². The summed E-state index contributed by atoms with van der Waals surface area (Å²) in [6.45, 7) is 8.38. The van der Waals surface area contributed by atoms with Crippen LogP contribution in [0.4, 0.5) is 0 Å². The molecular weight excluding hydrogens is 822 g/mol. The number of quaternary nitrogens is 1. The predicted molar refractivity (Wildman–Crippen MR) is 250 cm³/mol. The van der Waals surface area contributed by atoms with Crippen molar-refractivity contribution in [3.8, 4) is 0 Å². The van der Waals surface area contributed by atoms with E-state index in [1.54, 1.807) is 12.2 Å². The van der Waals surface area contributed by atoms with Crippen LogP contribution < -0.4 is 0 Å². The van der Waals surface area contributed by atoms with Crippen molar-refractivity contribution in [1.82, 2.24) is 0 Å². The number of esters is 2. The fraction of sp³-hybridized carbons (Fsp3) is 0.740. The van der Waals surface area contributed by atoms with Gasteiger partial charge in [-0.3, -0.25) is 23.4 Å². The quantitative estimate of drug-likeness (QED) is 0.0215. The van der Waals surface area contributed by atoms with Gasteiger partial charge in [0.25, 0.3) is 0 Å². The lowest BCUT2D eigenvalue weighted by molar-refractivity contribution is -0.870. The van der Waals surface area contributed by atoms with Crippen molar-refractivity contribution in [2.24, 2.45) is 11.8 Å². The summed E-state index contributed by atoms with van der Waals surface area (Å²) in [6, 6.07) is 0. The molecule has 0 spiro atoms. The minimum Gasteiger partial charge on any atom is -0.466 e. The predicted octanol–water partition coefficient (Wildman–Crippen LogP) is 11.0. The number of likely N-dealkylation sites (N-methyl/N-ethyl adjacent to an activating group) is 1. The van der Waals surface area contributed by atoms with Crippen LogP contribution in [0.15, 0.2) is 40.9 Å². The Morgan fingerprint density at radius 2 is 1.41 bits per heavy atom. The summed E-state index contributed by atoms with van der Waals surface area (Å²) in [4.78, 5) is 48.1. The normalized spacial score (nSPS) is 17.5. The summed E-state index contributed by atoms with van der Waals surface area (Å²) in [6.07, 6.45) is 29.3. The highest BCUT2D eigenvalue weighted by Gasteiger charge is 2.28.